The second kappa shape index (κ2) is 2.97. The van der Waals surface area contributed by atoms with E-state index in [1.54, 1.807) is 0 Å². The van der Waals surface area contributed by atoms with Gasteiger partial charge >= 0.3 is 0 Å². The lowest BCUT2D eigenvalue weighted by Gasteiger charge is -2.22. The molecule has 0 unspecified atom stereocenters. The summed E-state index contributed by atoms with van der Waals surface area (Å²) < 4.78 is 2.13. The van der Waals surface area contributed by atoms with E-state index in [2.05, 4.69) is 43.2 Å². The molecule has 1 aliphatic rings. The molecule has 2 nitrogen and oxygen atoms in total. The molecule has 0 amide bonds. The Labute approximate surface area is 85.6 Å². The summed E-state index contributed by atoms with van der Waals surface area (Å²) in [7, 11) is 0. The van der Waals surface area contributed by atoms with Crippen LogP contribution in [0.2, 0.25) is 0 Å². The van der Waals surface area contributed by atoms with E-state index >= 15 is 0 Å². The molecule has 1 heterocycles. The maximum atomic E-state index is 4.37. The summed E-state index contributed by atoms with van der Waals surface area (Å²) in [5.74, 6) is 0. The van der Waals surface area contributed by atoms with Gasteiger partial charge in [-0.15, -0.1) is 0 Å². The summed E-state index contributed by atoms with van der Waals surface area (Å²) in [4.78, 5) is 0. The first-order chi connectivity index (χ1) is 6.50. The molecule has 76 valence electrons. The zero-order chi connectivity index (χ0) is 10.3. The number of nitrogens with zero attached hydrogens (tertiary/aromatic N) is 2. The number of rotatable bonds is 2. The van der Waals surface area contributed by atoms with E-state index in [1.807, 2.05) is 6.20 Å². The van der Waals surface area contributed by atoms with Crippen LogP contribution in [0.4, 0.5) is 0 Å². The fraction of sp³-hybridized carbons (Fsp3) is 0.583. The van der Waals surface area contributed by atoms with Gasteiger partial charge in [-0.25, -0.2) is 0 Å². The summed E-state index contributed by atoms with van der Waals surface area (Å²) >= 11 is 0. The van der Waals surface area contributed by atoms with Gasteiger partial charge in [0.05, 0.1) is 11.7 Å². The highest BCUT2D eigenvalue weighted by Crippen LogP contribution is 2.39. The molecule has 1 fully saturated rings. The van der Waals surface area contributed by atoms with Gasteiger partial charge in [0.1, 0.15) is 0 Å². The molecule has 0 spiro atoms. The fourth-order valence-electron chi connectivity index (χ4n) is 1.55. The van der Waals surface area contributed by atoms with Crippen LogP contribution in [0.3, 0.4) is 0 Å². The molecule has 0 bridgehead atoms. The summed E-state index contributed by atoms with van der Waals surface area (Å²) in [5.41, 5.74) is 2.52. The maximum absolute atomic E-state index is 4.37. The summed E-state index contributed by atoms with van der Waals surface area (Å²) in [6.45, 7) is 10.8. The first kappa shape index (κ1) is 9.50. The van der Waals surface area contributed by atoms with E-state index in [4.69, 9.17) is 0 Å². The van der Waals surface area contributed by atoms with Gasteiger partial charge in [-0.1, -0.05) is 27.4 Å². The summed E-state index contributed by atoms with van der Waals surface area (Å²) in [6, 6.07) is 2.71. The molecule has 14 heavy (non-hydrogen) atoms. The van der Waals surface area contributed by atoms with Crippen molar-refractivity contribution < 1.29 is 0 Å². The average molecular weight is 190 g/mol. The number of hydrogen-bond acceptors (Lipinski definition) is 1. The first-order valence-electron chi connectivity index (χ1n) is 5.23. The Morgan fingerprint density at radius 1 is 1.50 bits per heavy atom. The molecule has 1 aromatic rings. The predicted octanol–water partition coefficient (Wildman–Crippen LogP) is 3.28. The number of hydrogen-bond donors (Lipinski definition) is 0. The number of allylic oxidation sites excluding steroid dienone is 1. The van der Waals surface area contributed by atoms with Crippen molar-refractivity contribution in [1.29, 1.82) is 0 Å². The lowest BCUT2D eigenvalue weighted by molar-refractivity contribution is 0.549. The van der Waals surface area contributed by atoms with Crippen molar-refractivity contribution >= 4 is 5.57 Å². The molecule has 2 rings (SSSR count). The molecule has 2 heteroatoms. The molecule has 1 saturated carbocycles. The van der Waals surface area contributed by atoms with Crippen LogP contribution < -0.4 is 0 Å². The quantitative estimate of drug-likeness (QED) is 0.699. The minimum absolute atomic E-state index is 0.132. The van der Waals surface area contributed by atoms with Crippen LogP contribution in [0.15, 0.2) is 18.8 Å². The second-order valence-electron chi connectivity index (χ2n) is 5.12. The van der Waals surface area contributed by atoms with Crippen LogP contribution >= 0.6 is 0 Å². The zero-order valence-corrected chi connectivity index (χ0v) is 9.25. The molecule has 1 aliphatic carbocycles. The highest BCUT2D eigenvalue weighted by molar-refractivity contribution is 5.64. The van der Waals surface area contributed by atoms with Crippen molar-refractivity contribution in [2.24, 2.45) is 5.41 Å². The smallest absolute Gasteiger partial charge is 0.0644 e. The molecule has 0 N–H and O–H groups in total. The van der Waals surface area contributed by atoms with E-state index in [1.165, 1.54) is 24.1 Å². The van der Waals surface area contributed by atoms with Crippen LogP contribution in [0.25, 0.3) is 5.57 Å². The first-order valence-corrected chi connectivity index (χ1v) is 5.23. The standard InChI is InChI=1S/C12H18N2/c1-9(12(2,3)4)11-7-8-13-14(11)10-5-6-10/h7-8,10H,1,5-6H2,2-4H3. The van der Waals surface area contributed by atoms with Crippen molar-refractivity contribution in [2.45, 2.75) is 39.7 Å². The Balaban J connectivity index is 2.31. The van der Waals surface area contributed by atoms with E-state index in [0.717, 1.165) is 0 Å². The molecular weight excluding hydrogens is 172 g/mol. The van der Waals surface area contributed by atoms with Crippen LogP contribution in [0, 0.1) is 5.41 Å². The van der Waals surface area contributed by atoms with E-state index in [9.17, 15) is 0 Å². The van der Waals surface area contributed by atoms with Gasteiger partial charge in [0.25, 0.3) is 0 Å². The van der Waals surface area contributed by atoms with Crippen LogP contribution in [-0.2, 0) is 0 Å². The molecular formula is C12H18N2. The third-order valence-electron chi connectivity index (χ3n) is 2.78. The predicted molar refractivity (Wildman–Crippen MR) is 59.0 cm³/mol. The molecule has 1 aromatic heterocycles. The van der Waals surface area contributed by atoms with Gasteiger partial charge < -0.3 is 0 Å². The van der Waals surface area contributed by atoms with Crippen molar-refractivity contribution in [3.05, 3.63) is 24.5 Å². The zero-order valence-electron chi connectivity index (χ0n) is 9.25. The van der Waals surface area contributed by atoms with Crippen LogP contribution in [0.1, 0.15) is 45.3 Å². The molecule has 0 aromatic carbocycles. The molecule has 0 atom stereocenters. The Hall–Kier alpha value is -1.05. The number of aromatic nitrogens is 2. The molecule has 0 saturated heterocycles. The van der Waals surface area contributed by atoms with Gasteiger partial charge in [-0.05, 0) is 29.9 Å². The normalized spacial score (nSPS) is 17.1. The lowest BCUT2D eigenvalue weighted by Crippen LogP contribution is -2.11. The van der Waals surface area contributed by atoms with Gasteiger partial charge in [-0.3, -0.25) is 4.68 Å². The SMILES string of the molecule is C=C(c1ccnn1C1CC1)C(C)(C)C. The van der Waals surface area contributed by atoms with E-state index in [-0.39, 0.29) is 5.41 Å². The summed E-state index contributed by atoms with van der Waals surface area (Å²) in [5, 5.41) is 4.37. The Bertz CT molecular complexity index is 351. The Morgan fingerprint density at radius 3 is 2.64 bits per heavy atom. The van der Waals surface area contributed by atoms with Crippen LogP contribution in [-0.4, -0.2) is 9.78 Å². The van der Waals surface area contributed by atoms with Crippen molar-refractivity contribution in [2.75, 3.05) is 0 Å². The minimum Gasteiger partial charge on any atom is -0.262 e. The topological polar surface area (TPSA) is 17.8 Å². The van der Waals surface area contributed by atoms with Crippen molar-refractivity contribution in [3.8, 4) is 0 Å². The third kappa shape index (κ3) is 1.61. The third-order valence-corrected chi connectivity index (χ3v) is 2.78. The van der Waals surface area contributed by atoms with E-state index < -0.39 is 0 Å². The highest BCUT2D eigenvalue weighted by atomic mass is 15.3. The highest BCUT2D eigenvalue weighted by Gasteiger charge is 2.28. The average Bonchev–Trinajstić information content (AvgIpc) is 2.81. The van der Waals surface area contributed by atoms with E-state index in [0.29, 0.717) is 6.04 Å². The van der Waals surface area contributed by atoms with Gasteiger partial charge in [0.15, 0.2) is 0 Å². The minimum atomic E-state index is 0.132. The van der Waals surface area contributed by atoms with Crippen molar-refractivity contribution in [3.63, 3.8) is 0 Å². The van der Waals surface area contributed by atoms with Gasteiger partial charge in [0.2, 0.25) is 0 Å². The maximum Gasteiger partial charge on any atom is 0.0644 e. The Kier molecular flexibility index (Phi) is 2.02. The van der Waals surface area contributed by atoms with Crippen molar-refractivity contribution in [1.82, 2.24) is 9.78 Å². The van der Waals surface area contributed by atoms with Gasteiger partial charge in [0, 0.05) is 6.20 Å². The summed E-state index contributed by atoms with van der Waals surface area (Å²) in [6.07, 6.45) is 4.42. The monoisotopic (exact) mass is 190 g/mol. The largest absolute Gasteiger partial charge is 0.262 e. The van der Waals surface area contributed by atoms with Crippen LogP contribution in [0.5, 0.6) is 0 Å². The molecule has 0 radical (unpaired) electrons. The lowest BCUT2D eigenvalue weighted by atomic mass is 9.85. The van der Waals surface area contributed by atoms with Gasteiger partial charge in [-0.2, -0.15) is 5.10 Å². The fourth-order valence-corrected chi connectivity index (χ4v) is 1.55. The Morgan fingerprint density at radius 2 is 2.14 bits per heavy atom. The molecule has 0 aliphatic heterocycles. The second-order valence-corrected chi connectivity index (χ2v) is 5.12.